The van der Waals surface area contributed by atoms with E-state index in [1.54, 1.807) is 45.0 Å². The lowest BCUT2D eigenvalue weighted by atomic mass is 10.1. The minimum Gasteiger partial charge on any atom is -0.462 e. The molecule has 2 aromatic carbocycles. The van der Waals surface area contributed by atoms with Crippen LogP contribution >= 0.6 is 34.5 Å². The molecule has 2 heterocycles. The number of aryl methyl sites for hydroxylation is 2. The Morgan fingerprint density at radius 3 is 2.29 bits per heavy atom. The van der Waals surface area contributed by atoms with Crippen molar-refractivity contribution in [2.24, 2.45) is 0 Å². The van der Waals surface area contributed by atoms with Crippen molar-refractivity contribution in [3.63, 3.8) is 0 Å². The van der Waals surface area contributed by atoms with Gasteiger partial charge in [0, 0.05) is 11.3 Å². The lowest BCUT2D eigenvalue weighted by Gasteiger charge is -2.09. The Morgan fingerprint density at radius 1 is 0.947 bits per heavy atom. The maximum Gasteiger partial charge on any atom is 0.341 e. The number of hydrogen-bond acceptors (Lipinski definition) is 7. The largest absolute Gasteiger partial charge is 0.462 e. The highest BCUT2D eigenvalue weighted by Gasteiger charge is 2.30. The first-order valence-corrected chi connectivity index (χ1v) is 13.1. The highest BCUT2D eigenvalue weighted by molar-refractivity contribution is 7.19. The summed E-state index contributed by atoms with van der Waals surface area (Å²) in [6, 6.07) is 12.2. The smallest absolute Gasteiger partial charge is 0.341 e. The highest BCUT2D eigenvalue weighted by Crippen LogP contribution is 2.39. The van der Waals surface area contributed by atoms with Crippen molar-refractivity contribution in [2.75, 3.05) is 17.2 Å². The highest BCUT2D eigenvalue weighted by atomic mass is 35.5. The Morgan fingerprint density at radius 2 is 1.63 bits per heavy atom. The molecule has 2 N–H and O–H groups in total. The Hall–Kier alpha value is -3.66. The summed E-state index contributed by atoms with van der Waals surface area (Å²) in [7, 11) is 0. The van der Waals surface area contributed by atoms with Gasteiger partial charge in [-0.15, -0.1) is 11.3 Å². The summed E-state index contributed by atoms with van der Waals surface area (Å²) in [4.78, 5) is 39.9. The molecule has 0 aliphatic rings. The van der Waals surface area contributed by atoms with Crippen molar-refractivity contribution < 1.29 is 23.6 Å². The van der Waals surface area contributed by atoms with Crippen molar-refractivity contribution >= 4 is 63.0 Å². The van der Waals surface area contributed by atoms with Crippen molar-refractivity contribution in [3.05, 3.63) is 85.4 Å². The molecule has 0 aliphatic carbocycles. The van der Waals surface area contributed by atoms with Gasteiger partial charge in [0.15, 0.2) is 0 Å². The predicted molar refractivity (Wildman–Crippen MR) is 149 cm³/mol. The van der Waals surface area contributed by atoms with Crippen LogP contribution in [0.25, 0.3) is 11.3 Å². The van der Waals surface area contributed by atoms with Crippen LogP contribution in [0.4, 0.5) is 10.7 Å². The van der Waals surface area contributed by atoms with Crippen LogP contribution in [0, 0.1) is 20.8 Å². The maximum absolute atomic E-state index is 13.5. The molecule has 4 rings (SSSR count). The van der Waals surface area contributed by atoms with Crippen LogP contribution < -0.4 is 10.6 Å². The van der Waals surface area contributed by atoms with Gasteiger partial charge in [0.2, 0.25) is 0 Å². The van der Waals surface area contributed by atoms with E-state index < -0.39 is 17.8 Å². The number of para-hydroxylation sites is 1. The minimum absolute atomic E-state index is 0.0894. The van der Waals surface area contributed by atoms with Crippen molar-refractivity contribution in [3.8, 4) is 11.3 Å². The molecule has 0 aliphatic heterocycles. The summed E-state index contributed by atoms with van der Waals surface area (Å²) in [5, 5.41) is 10.3. The van der Waals surface area contributed by atoms with Gasteiger partial charge in [0.05, 0.1) is 27.1 Å². The Kier molecular flexibility index (Phi) is 8.20. The molecule has 0 bridgehead atoms. The molecule has 2 amide bonds. The van der Waals surface area contributed by atoms with E-state index in [-0.39, 0.29) is 49.1 Å². The standard InChI is InChI=1S/C27H23Cl2N3O5S/c1-5-36-27(35)19-14(3)23(25(34)30-18-12-7-6-9-13(18)2)38-26(19)31-24(33)20-15(4)37-32-22(20)21-16(28)10-8-11-17(21)29/h6-12H,5H2,1-4H3,(H,30,34)(H,31,33). The number of halogens is 2. The lowest BCUT2D eigenvalue weighted by Crippen LogP contribution is -2.16. The quantitative estimate of drug-likeness (QED) is 0.225. The third-order valence-corrected chi connectivity index (χ3v) is 7.58. The van der Waals surface area contributed by atoms with E-state index in [4.69, 9.17) is 32.5 Å². The first-order valence-electron chi connectivity index (χ1n) is 11.5. The van der Waals surface area contributed by atoms with Gasteiger partial charge in [-0.3, -0.25) is 9.59 Å². The van der Waals surface area contributed by atoms with E-state index in [1.165, 1.54) is 0 Å². The Bertz CT molecular complexity index is 1540. The number of rotatable bonds is 7. The number of carbonyl (C=O) groups excluding carboxylic acids is 3. The van der Waals surface area contributed by atoms with Gasteiger partial charge in [-0.1, -0.05) is 52.6 Å². The number of nitrogens with one attached hydrogen (secondary N) is 2. The third-order valence-electron chi connectivity index (χ3n) is 5.74. The van der Waals surface area contributed by atoms with Gasteiger partial charge in [0.1, 0.15) is 22.0 Å². The maximum atomic E-state index is 13.5. The summed E-state index contributed by atoms with van der Waals surface area (Å²) in [6.07, 6.45) is 0. The fraction of sp³-hybridized carbons (Fsp3) is 0.185. The Labute approximate surface area is 232 Å². The fourth-order valence-electron chi connectivity index (χ4n) is 3.86. The van der Waals surface area contributed by atoms with E-state index in [0.717, 1.165) is 16.9 Å². The summed E-state index contributed by atoms with van der Waals surface area (Å²) in [5.74, 6) is -1.48. The third kappa shape index (κ3) is 5.31. The molecule has 0 saturated heterocycles. The topological polar surface area (TPSA) is 111 Å². The SMILES string of the molecule is CCOC(=O)c1c(NC(=O)c2c(-c3c(Cl)cccc3Cl)noc2C)sc(C(=O)Nc2ccccc2C)c1C. The molecule has 196 valence electrons. The molecule has 0 radical (unpaired) electrons. The molecule has 0 saturated carbocycles. The van der Waals surface area contributed by atoms with Crippen LogP contribution in [0.3, 0.4) is 0 Å². The molecule has 11 heteroatoms. The van der Waals surface area contributed by atoms with E-state index in [1.807, 2.05) is 25.1 Å². The van der Waals surface area contributed by atoms with Crippen LogP contribution in [0.2, 0.25) is 10.0 Å². The van der Waals surface area contributed by atoms with Crippen LogP contribution in [0.1, 0.15) is 54.2 Å². The number of ether oxygens (including phenoxy) is 1. The number of amides is 2. The summed E-state index contributed by atoms with van der Waals surface area (Å²) in [5.41, 5.74) is 2.56. The van der Waals surface area contributed by atoms with Crippen LogP contribution in [0.15, 0.2) is 47.0 Å². The molecule has 0 atom stereocenters. The van der Waals surface area contributed by atoms with Gasteiger partial charge >= 0.3 is 5.97 Å². The first kappa shape index (κ1) is 27.4. The molecule has 0 unspecified atom stereocenters. The van der Waals surface area contributed by atoms with Gasteiger partial charge in [-0.25, -0.2) is 4.79 Å². The lowest BCUT2D eigenvalue weighted by molar-refractivity contribution is 0.0527. The first-order chi connectivity index (χ1) is 18.1. The second-order valence-corrected chi connectivity index (χ2v) is 10.1. The molecule has 0 fully saturated rings. The molecule has 0 spiro atoms. The van der Waals surface area contributed by atoms with Crippen molar-refractivity contribution in [1.82, 2.24) is 5.16 Å². The molecular formula is C27H23Cl2N3O5S. The molecule has 38 heavy (non-hydrogen) atoms. The van der Waals surface area contributed by atoms with Gasteiger partial charge < -0.3 is 19.9 Å². The summed E-state index contributed by atoms with van der Waals surface area (Å²) in [6.45, 7) is 6.86. The molecular weight excluding hydrogens is 549 g/mol. The van der Waals surface area contributed by atoms with Gasteiger partial charge in [0.25, 0.3) is 11.8 Å². The van der Waals surface area contributed by atoms with E-state index >= 15 is 0 Å². The second-order valence-electron chi connectivity index (χ2n) is 8.26. The van der Waals surface area contributed by atoms with Gasteiger partial charge in [-0.2, -0.15) is 0 Å². The average Bonchev–Trinajstić information content (AvgIpc) is 3.40. The number of nitrogens with zero attached hydrogens (tertiary/aromatic N) is 1. The molecule has 8 nitrogen and oxygen atoms in total. The monoisotopic (exact) mass is 571 g/mol. The average molecular weight is 572 g/mol. The van der Waals surface area contributed by atoms with Crippen LogP contribution in [0.5, 0.6) is 0 Å². The summed E-state index contributed by atoms with van der Waals surface area (Å²) < 4.78 is 10.5. The number of anilines is 2. The van der Waals surface area contributed by atoms with Crippen LogP contribution in [-0.2, 0) is 4.74 Å². The fourth-order valence-corrected chi connectivity index (χ4v) is 5.52. The van der Waals surface area contributed by atoms with Crippen LogP contribution in [-0.4, -0.2) is 29.5 Å². The minimum atomic E-state index is -0.664. The van der Waals surface area contributed by atoms with Crippen molar-refractivity contribution in [1.29, 1.82) is 0 Å². The van der Waals surface area contributed by atoms with Gasteiger partial charge in [-0.05, 0) is 57.0 Å². The number of aromatic nitrogens is 1. The molecule has 4 aromatic rings. The normalized spacial score (nSPS) is 10.8. The predicted octanol–water partition coefficient (Wildman–Crippen LogP) is 7.32. The molecule has 2 aromatic heterocycles. The number of esters is 1. The summed E-state index contributed by atoms with van der Waals surface area (Å²) >= 11 is 13.7. The number of thiophene rings is 1. The Balaban J connectivity index is 1.74. The van der Waals surface area contributed by atoms with E-state index in [2.05, 4.69) is 15.8 Å². The van der Waals surface area contributed by atoms with E-state index in [9.17, 15) is 14.4 Å². The zero-order valence-corrected chi connectivity index (χ0v) is 23.2. The van der Waals surface area contributed by atoms with E-state index in [0.29, 0.717) is 16.8 Å². The number of carbonyl (C=O) groups is 3. The zero-order valence-electron chi connectivity index (χ0n) is 20.9. The number of benzene rings is 2. The number of hydrogen-bond donors (Lipinski definition) is 2. The zero-order chi connectivity index (χ0) is 27.6. The second kappa shape index (κ2) is 11.4. The van der Waals surface area contributed by atoms with Crippen molar-refractivity contribution in [2.45, 2.75) is 27.7 Å².